The molecule has 3 aromatic rings. The lowest BCUT2D eigenvalue weighted by Gasteiger charge is -2.22. The van der Waals surface area contributed by atoms with Gasteiger partial charge in [-0.05, 0) is 60.2 Å². The van der Waals surface area contributed by atoms with Gasteiger partial charge in [0.05, 0.1) is 28.8 Å². The second-order valence-corrected chi connectivity index (χ2v) is 7.36. The highest BCUT2D eigenvalue weighted by Crippen LogP contribution is 2.36. The molecule has 0 saturated carbocycles. The topological polar surface area (TPSA) is 109 Å². The molecule has 0 fully saturated rings. The molecule has 0 aliphatic heterocycles. The summed E-state index contributed by atoms with van der Waals surface area (Å²) in [6.07, 6.45) is 4.15. The molecule has 1 aliphatic rings. The number of hydrogen-bond acceptors (Lipinski definition) is 7. The summed E-state index contributed by atoms with van der Waals surface area (Å²) < 4.78 is 9.78. The predicted molar refractivity (Wildman–Crippen MR) is 118 cm³/mol. The van der Waals surface area contributed by atoms with E-state index in [-0.39, 0.29) is 5.69 Å². The molecule has 0 spiro atoms. The van der Waals surface area contributed by atoms with Gasteiger partial charge in [-0.15, -0.1) is 0 Å². The van der Waals surface area contributed by atoms with Crippen molar-refractivity contribution in [3.8, 4) is 0 Å². The molecule has 0 N–H and O–H groups in total. The van der Waals surface area contributed by atoms with Crippen LogP contribution in [0, 0.1) is 10.1 Å². The quantitative estimate of drug-likeness (QED) is 0.335. The molecule has 2 aromatic carbocycles. The van der Waals surface area contributed by atoms with Crippen molar-refractivity contribution in [2.75, 3.05) is 13.7 Å². The van der Waals surface area contributed by atoms with Crippen LogP contribution in [-0.2, 0) is 20.7 Å². The Bertz CT molecular complexity index is 1250. The van der Waals surface area contributed by atoms with Crippen molar-refractivity contribution in [2.45, 2.75) is 19.3 Å². The highest BCUT2D eigenvalue weighted by molar-refractivity contribution is 6.07. The zero-order valence-electron chi connectivity index (χ0n) is 17.4. The first-order chi connectivity index (χ1) is 15.5. The van der Waals surface area contributed by atoms with Crippen LogP contribution in [0.25, 0.3) is 22.6 Å². The molecule has 0 unspecified atom stereocenters. The summed E-state index contributed by atoms with van der Waals surface area (Å²) in [5.74, 6) is -1.23. The van der Waals surface area contributed by atoms with E-state index in [2.05, 4.69) is 4.74 Å². The largest absolute Gasteiger partial charge is 0.466 e. The van der Waals surface area contributed by atoms with Crippen LogP contribution in [0.2, 0.25) is 0 Å². The first kappa shape index (κ1) is 21.2. The number of carbonyl (C=O) groups excluding carboxylic acids is 2. The number of nitro groups is 1. The van der Waals surface area contributed by atoms with Gasteiger partial charge < -0.3 is 9.47 Å². The number of nitro benzene ring substituents is 1. The van der Waals surface area contributed by atoms with E-state index >= 15 is 0 Å². The van der Waals surface area contributed by atoms with E-state index in [1.165, 1.54) is 19.2 Å². The fraction of sp³-hybridized carbons (Fsp3) is 0.208. The van der Waals surface area contributed by atoms with Crippen molar-refractivity contribution >= 4 is 40.2 Å². The van der Waals surface area contributed by atoms with E-state index < -0.39 is 23.5 Å². The fourth-order valence-corrected chi connectivity index (χ4v) is 3.86. The maximum atomic E-state index is 13.0. The van der Waals surface area contributed by atoms with E-state index in [1.54, 1.807) is 12.1 Å². The predicted octanol–water partition coefficient (Wildman–Crippen LogP) is 4.35. The number of carbonyl (C=O) groups is 2. The summed E-state index contributed by atoms with van der Waals surface area (Å²) >= 11 is 0. The molecule has 0 radical (unpaired) electrons. The number of aromatic nitrogens is 1. The number of hydrogen-bond donors (Lipinski definition) is 0. The Morgan fingerprint density at radius 3 is 2.59 bits per heavy atom. The van der Waals surface area contributed by atoms with Gasteiger partial charge in [-0.3, -0.25) is 10.1 Å². The highest BCUT2D eigenvalue weighted by atomic mass is 16.6. The fourth-order valence-electron chi connectivity index (χ4n) is 3.86. The maximum absolute atomic E-state index is 13.0. The molecule has 1 aliphatic carbocycles. The first-order valence-corrected chi connectivity index (χ1v) is 10.1. The summed E-state index contributed by atoms with van der Waals surface area (Å²) in [5, 5.41) is 11.6. The van der Waals surface area contributed by atoms with E-state index in [4.69, 9.17) is 9.72 Å². The molecule has 0 saturated heterocycles. The molecule has 8 nitrogen and oxygen atoms in total. The van der Waals surface area contributed by atoms with Crippen LogP contribution in [0.3, 0.4) is 0 Å². The summed E-state index contributed by atoms with van der Waals surface area (Å²) in [4.78, 5) is 39.7. The van der Waals surface area contributed by atoms with Gasteiger partial charge in [0.15, 0.2) is 6.61 Å². The molecule has 162 valence electrons. The van der Waals surface area contributed by atoms with Gasteiger partial charge in [-0.2, -0.15) is 0 Å². The van der Waals surface area contributed by atoms with Crippen LogP contribution >= 0.6 is 0 Å². The average Bonchev–Trinajstić information content (AvgIpc) is 2.81. The lowest BCUT2D eigenvalue weighted by Crippen LogP contribution is -2.19. The molecule has 1 heterocycles. The Balaban J connectivity index is 1.80. The smallest absolute Gasteiger partial charge is 0.344 e. The number of pyridine rings is 1. The number of non-ortho nitro benzene ring substituents is 1. The van der Waals surface area contributed by atoms with Crippen molar-refractivity contribution in [3.63, 3.8) is 0 Å². The normalized spacial score (nSPS) is 14.1. The van der Waals surface area contributed by atoms with Gasteiger partial charge in [-0.1, -0.05) is 18.2 Å². The van der Waals surface area contributed by atoms with Crippen molar-refractivity contribution < 1.29 is 24.0 Å². The minimum Gasteiger partial charge on any atom is -0.466 e. The molecule has 1 aromatic heterocycles. The first-order valence-electron chi connectivity index (χ1n) is 10.1. The SMILES string of the molecule is COC(=O)COC(=O)c1c2c(nc3ccccc13)/C(=C/c1ccc([N+](=O)[O-])cc1)CCC2. The van der Waals surface area contributed by atoms with E-state index in [9.17, 15) is 19.7 Å². The second kappa shape index (κ2) is 8.97. The van der Waals surface area contributed by atoms with Crippen LogP contribution in [0.1, 0.15) is 40.0 Å². The summed E-state index contributed by atoms with van der Waals surface area (Å²) in [7, 11) is 1.23. The molecule has 8 heteroatoms. The number of fused-ring (bicyclic) bond motifs is 2. The third-order valence-corrected chi connectivity index (χ3v) is 5.37. The third kappa shape index (κ3) is 4.20. The van der Waals surface area contributed by atoms with Gasteiger partial charge in [0.25, 0.3) is 5.69 Å². The Morgan fingerprint density at radius 2 is 1.88 bits per heavy atom. The molecular formula is C24H20N2O6. The lowest BCUT2D eigenvalue weighted by molar-refractivity contribution is -0.384. The van der Waals surface area contributed by atoms with Gasteiger partial charge >= 0.3 is 11.9 Å². The lowest BCUT2D eigenvalue weighted by atomic mass is 9.86. The third-order valence-electron chi connectivity index (χ3n) is 5.37. The van der Waals surface area contributed by atoms with Crippen LogP contribution in [0.15, 0.2) is 48.5 Å². The second-order valence-electron chi connectivity index (χ2n) is 7.36. The summed E-state index contributed by atoms with van der Waals surface area (Å²) in [6, 6.07) is 13.6. The average molecular weight is 432 g/mol. The molecule has 4 rings (SSSR count). The Labute approximate surface area is 183 Å². The summed E-state index contributed by atoms with van der Waals surface area (Å²) in [6.45, 7) is -0.466. The molecule has 32 heavy (non-hydrogen) atoms. The minimum atomic E-state index is -0.635. The zero-order chi connectivity index (χ0) is 22.7. The standard InChI is InChI=1S/C24H20N2O6/c1-31-21(27)14-32-24(28)22-18-6-2-3-8-20(18)25-23-16(5-4-7-19(22)23)13-15-9-11-17(12-10-15)26(29)30/h2-3,6,8-13H,4-5,7,14H2,1H3/b16-13+. The Kier molecular flexibility index (Phi) is 5.93. The molecule has 0 atom stereocenters. The van der Waals surface area contributed by atoms with E-state index in [0.717, 1.165) is 29.5 Å². The van der Waals surface area contributed by atoms with Crippen LogP contribution in [-0.4, -0.2) is 35.6 Å². The number of methoxy groups -OCH3 is 1. The number of ether oxygens (including phenoxy) is 2. The van der Waals surface area contributed by atoms with Crippen LogP contribution < -0.4 is 0 Å². The summed E-state index contributed by atoms with van der Waals surface area (Å²) in [5.41, 5.74) is 4.31. The Hall–Kier alpha value is -4.07. The van der Waals surface area contributed by atoms with Gasteiger partial charge in [0, 0.05) is 17.5 Å². The number of rotatable bonds is 5. The zero-order valence-corrected chi connectivity index (χ0v) is 17.4. The van der Waals surface area contributed by atoms with Crippen molar-refractivity contribution in [1.29, 1.82) is 0 Å². The van der Waals surface area contributed by atoms with Crippen LogP contribution in [0.5, 0.6) is 0 Å². The number of allylic oxidation sites excluding steroid dienone is 1. The number of benzene rings is 2. The van der Waals surface area contributed by atoms with Crippen LogP contribution in [0.4, 0.5) is 5.69 Å². The minimum absolute atomic E-state index is 0.0240. The Morgan fingerprint density at radius 1 is 1.12 bits per heavy atom. The van der Waals surface area contributed by atoms with Gasteiger partial charge in [0.2, 0.25) is 0 Å². The monoisotopic (exact) mass is 432 g/mol. The maximum Gasteiger partial charge on any atom is 0.344 e. The number of para-hydroxylation sites is 1. The van der Waals surface area contributed by atoms with Gasteiger partial charge in [0.1, 0.15) is 0 Å². The van der Waals surface area contributed by atoms with Crippen molar-refractivity contribution in [2.24, 2.45) is 0 Å². The highest BCUT2D eigenvalue weighted by Gasteiger charge is 2.26. The molecule has 0 amide bonds. The number of esters is 2. The number of nitrogens with zero attached hydrogens (tertiary/aromatic N) is 2. The van der Waals surface area contributed by atoms with Crippen molar-refractivity contribution in [3.05, 3.63) is 81.0 Å². The molecule has 0 bridgehead atoms. The van der Waals surface area contributed by atoms with Crippen molar-refractivity contribution in [1.82, 2.24) is 4.98 Å². The van der Waals surface area contributed by atoms with Gasteiger partial charge in [-0.25, -0.2) is 14.6 Å². The molecular weight excluding hydrogens is 412 g/mol. The van der Waals surface area contributed by atoms with E-state index in [1.807, 2.05) is 30.3 Å². The van der Waals surface area contributed by atoms with E-state index in [0.29, 0.717) is 28.6 Å².